The van der Waals surface area contributed by atoms with Gasteiger partial charge < -0.3 is 10.6 Å². The van der Waals surface area contributed by atoms with E-state index in [1.54, 1.807) is 23.5 Å². The lowest BCUT2D eigenvalue weighted by molar-refractivity contribution is 0.0963. The summed E-state index contributed by atoms with van der Waals surface area (Å²) in [4.78, 5) is 26.8. The molecule has 0 spiro atoms. The number of carbonyl (C=O) groups is 2. The Hall–Kier alpha value is -2.23. The van der Waals surface area contributed by atoms with E-state index in [0.29, 0.717) is 22.7 Å². The first-order valence-corrected chi connectivity index (χ1v) is 13.9. The van der Waals surface area contributed by atoms with Crippen LogP contribution < -0.4 is 10.6 Å². The molecule has 1 aliphatic heterocycles. The van der Waals surface area contributed by atoms with Gasteiger partial charge in [0.25, 0.3) is 11.8 Å². The van der Waals surface area contributed by atoms with Gasteiger partial charge in [0.2, 0.25) is 10.0 Å². The number of benzene rings is 1. The van der Waals surface area contributed by atoms with Gasteiger partial charge in [-0.3, -0.25) is 9.59 Å². The molecule has 0 bridgehead atoms. The van der Waals surface area contributed by atoms with Crippen molar-refractivity contribution in [3.8, 4) is 0 Å². The van der Waals surface area contributed by atoms with E-state index in [4.69, 9.17) is 0 Å². The second kappa shape index (κ2) is 9.95. The Balaban J connectivity index is 1.55. The molecule has 1 aromatic carbocycles. The molecule has 4 rings (SSSR count). The Morgan fingerprint density at radius 3 is 2.48 bits per heavy atom. The maximum absolute atomic E-state index is 13.2. The summed E-state index contributed by atoms with van der Waals surface area (Å²) < 4.78 is 28.0. The average Bonchev–Trinajstić information content (AvgIpc) is 3.21. The fraction of sp³-hybridized carbons (Fsp3) is 0.500. The normalized spacial score (nSPS) is 19.0. The van der Waals surface area contributed by atoms with Crippen molar-refractivity contribution in [1.29, 1.82) is 0 Å². The summed E-state index contributed by atoms with van der Waals surface area (Å²) in [6.45, 7) is 2.55. The van der Waals surface area contributed by atoms with Gasteiger partial charge in [-0.2, -0.15) is 4.31 Å². The van der Waals surface area contributed by atoms with E-state index < -0.39 is 10.0 Å². The molecule has 33 heavy (non-hydrogen) atoms. The lowest BCUT2D eigenvalue weighted by Gasteiger charge is -2.34. The Morgan fingerprint density at radius 2 is 1.79 bits per heavy atom. The van der Waals surface area contributed by atoms with Crippen molar-refractivity contribution in [3.05, 3.63) is 45.8 Å². The van der Waals surface area contributed by atoms with Crippen molar-refractivity contribution in [3.63, 3.8) is 0 Å². The van der Waals surface area contributed by atoms with Crippen LogP contribution in [-0.4, -0.2) is 44.2 Å². The van der Waals surface area contributed by atoms with Crippen LogP contribution in [0.25, 0.3) is 0 Å². The van der Waals surface area contributed by atoms with Gasteiger partial charge in [-0.05, 0) is 74.8 Å². The number of hydrogen-bond donors (Lipinski definition) is 2. The summed E-state index contributed by atoms with van der Waals surface area (Å²) in [5, 5.41) is 6.13. The summed E-state index contributed by atoms with van der Waals surface area (Å²) in [7, 11) is -2.01. The molecular weight excluding hydrogens is 458 g/mol. The van der Waals surface area contributed by atoms with Crippen molar-refractivity contribution in [2.45, 2.75) is 69.2 Å². The van der Waals surface area contributed by atoms with Crippen LogP contribution in [0.15, 0.2) is 29.2 Å². The number of aryl methyl sites for hydroxylation is 1. The number of nitrogens with zero attached hydrogens (tertiary/aromatic N) is 1. The number of sulfonamides is 1. The van der Waals surface area contributed by atoms with E-state index in [1.165, 1.54) is 23.5 Å². The molecule has 2 N–H and O–H groups in total. The van der Waals surface area contributed by atoms with Crippen LogP contribution in [0.2, 0.25) is 0 Å². The zero-order valence-electron chi connectivity index (χ0n) is 19.1. The minimum absolute atomic E-state index is 0.0275. The van der Waals surface area contributed by atoms with Crippen LogP contribution in [0, 0.1) is 0 Å². The number of piperidine rings is 1. The number of carbonyl (C=O) groups excluding carboxylic acids is 2. The van der Waals surface area contributed by atoms with Gasteiger partial charge in [0.1, 0.15) is 5.00 Å². The van der Waals surface area contributed by atoms with E-state index in [1.807, 2.05) is 6.92 Å². The standard InChI is InChI=1S/C24H31N3O4S2/c1-3-17-8-6-7-15-27(17)33(30,31)18-13-11-16(12-14-18)22(28)26-24-21(23(29)25-2)19-9-4-5-10-20(19)32-24/h11-14,17H,3-10,15H2,1-2H3,(H,25,29)(H,26,28)/t17-/m0/s1. The van der Waals surface area contributed by atoms with Gasteiger partial charge in [-0.25, -0.2) is 8.42 Å². The molecule has 1 fully saturated rings. The minimum Gasteiger partial charge on any atom is -0.355 e. The van der Waals surface area contributed by atoms with E-state index in [0.717, 1.165) is 61.8 Å². The lowest BCUT2D eigenvalue weighted by Crippen LogP contribution is -2.43. The third kappa shape index (κ3) is 4.72. The molecule has 2 aliphatic rings. The minimum atomic E-state index is -3.60. The molecular formula is C24H31N3O4S2. The summed E-state index contributed by atoms with van der Waals surface area (Å²) >= 11 is 1.46. The summed E-state index contributed by atoms with van der Waals surface area (Å²) in [6, 6.07) is 6.12. The van der Waals surface area contributed by atoms with Gasteiger partial charge in [-0.15, -0.1) is 11.3 Å². The molecule has 0 unspecified atom stereocenters. The van der Waals surface area contributed by atoms with E-state index in [-0.39, 0.29) is 22.8 Å². The zero-order chi connectivity index (χ0) is 23.6. The average molecular weight is 490 g/mol. The predicted molar refractivity (Wildman–Crippen MR) is 131 cm³/mol. The van der Waals surface area contributed by atoms with E-state index >= 15 is 0 Å². The summed E-state index contributed by atoms with van der Waals surface area (Å²) in [6.07, 6.45) is 7.47. The van der Waals surface area contributed by atoms with Crippen LogP contribution in [0.4, 0.5) is 5.00 Å². The number of rotatable bonds is 6. The molecule has 0 radical (unpaired) electrons. The summed E-state index contributed by atoms with van der Waals surface area (Å²) in [5.74, 6) is -0.551. The quantitative estimate of drug-likeness (QED) is 0.636. The Bertz CT molecular complexity index is 1140. The maximum atomic E-state index is 13.2. The second-order valence-corrected chi connectivity index (χ2v) is 11.6. The molecule has 1 aliphatic carbocycles. The summed E-state index contributed by atoms with van der Waals surface area (Å²) in [5.41, 5.74) is 1.95. The first-order valence-electron chi connectivity index (χ1n) is 11.7. The van der Waals surface area contributed by atoms with E-state index in [2.05, 4.69) is 10.6 Å². The fourth-order valence-corrected chi connectivity index (χ4v) is 7.86. The van der Waals surface area contributed by atoms with E-state index in [9.17, 15) is 18.0 Å². The topological polar surface area (TPSA) is 95.6 Å². The lowest BCUT2D eigenvalue weighted by atomic mass is 9.95. The molecule has 1 saturated heterocycles. The first kappa shape index (κ1) is 23.9. The Kier molecular flexibility index (Phi) is 7.21. The molecule has 2 heterocycles. The number of thiophene rings is 1. The molecule has 2 amide bonds. The van der Waals surface area contributed by atoms with Crippen LogP contribution in [0.1, 0.15) is 76.6 Å². The number of hydrogen-bond acceptors (Lipinski definition) is 5. The largest absolute Gasteiger partial charge is 0.355 e. The van der Waals surface area contributed by atoms with Gasteiger partial charge in [0.15, 0.2) is 0 Å². The highest BCUT2D eigenvalue weighted by Gasteiger charge is 2.32. The molecule has 9 heteroatoms. The van der Waals surface area contributed by atoms with Crippen LogP contribution >= 0.6 is 11.3 Å². The van der Waals surface area contributed by atoms with Crippen molar-refractivity contribution >= 4 is 38.2 Å². The van der Waals surface area contributed by atoms with Gasteiger partial charge in [0.05, 0.1) is 10.5 Å². The zero-order valence-corrected chi connectivity index (χ0v) is 20.8. The highest BCUT2D eigenvalue weighted by Crippen LogP contribution is 2.38. The second-order valence-electron chi connectivity index (χ2n) is 8.65. The van der Waals surface area contributed by atoms with Crippen molar-refractivity contribution in [1.82, 2.24) is 9.62 Å². The van der Waals surface area contributed by atoms with Crippen molar-refractivity contribution in [2.75, 3.05) is 18.9 Å². The predicted octanol–water partition coefficient (Wildman–Crippen LogP) is 4.19. The number of amides is 2. The Morgan fingerprint density at radius 1 is 1.06 bits per heavy atom. The third-order valence-corrected chi connectivity index (χ3v) is 9.79. The highest BCUT2D eigenvalue weighted by molar-refractivity contribution is 7.89. The Labute approximate surface area is 199 Å². The van der Waals surface area contributed by atoms with Gasteiger partial charge in [-0.1, -0.05) is 13.3 Å². The van der Waals surface area contributed by atoms with Crippen LogP contribution in [0.5, 0.6) is 0 Å². The fourth-order valence-electron chi connectivity index (χ4n) is 4.81. The van der Waals surface area contributed by atoms with Crippen LogP contribution in [-0.2, 0) is 22.9 Å². The number of anilines is 1. The molecule has 0 saturated carbocycles. The highest BCUT2D eigenvalue weighted by atomic mass is 32.2. The number of nitrogens with one attached hydrogen (secondary N) is 2. The molecule has 178 valence electrons. The molecule has 1 atom stereocenters. The van der Waals surface area contributed by atoms with Crippen molar-refractivity contribution in [2.24, 2.45) is 0 Å². The molecule has 1 aromatic heterocycles. The third-order valence-electron chi connectivity index (χ3n) is 6.62. The smallest absolute Gasteiger partial charge is 0.256 e. The maximum Gasteiger partial charge on any atom is 0.256 e. The van der Waals surface area contributed by atoms with Gasteiger partial charge >= 0.3 is 0 Å². The number of fused-ring (bicyclic) bond motifs is 1. The first-order chi connectivity index (χ1) is 15.9. The SMILES string of the molecule is CC[C@H]1CCCCN1S(=O)(=O)c1ccc(C(=O)Nc2sc3c(c2C(=O)NC)CCCC3)cc1. The van der Waals surface area contributed by atoms with Crippen molar-refractivity contribution < 1.29 is 18.0 Å². The monoisotopic (exact) mass is 489 g/mol. The molecule has 2 aromatic rings. The van der Waals surface area contributed by atoms with Crippen LogP contribution in [0.3, 0.4) is 0 Å². The van der Waals surface area contributed by atoms with Gasteiger partial charge in [0, 0.05) is 30.1 Å². The molecule has 7 nitrogen and oxygen atoms in total.